The molecule has 1 aromatic rings. The van der Waals surface area contributed by atoms with Crippen LogP contribution in [0.2, 0.25) is 0 Å². The van der Waals surface area contributed by atoms with E-state index in [9.17, 15) is 19.8 Å². The highest BCUT2D eigenvalue weighted by Crippen LogP contribution is 2.29. The Labute approximate surface area is 114 Å². The smallest absolute Gasteiger partial charge is 0.408 e. The maximum absolute atomic E-state index is 11.5. The number of amides is 1. The maximum Gasteiger partial charge on any atom is 0.408 e. The van der Waals surface area contributed by atoms with E-state index in [1.165, 1.54) is 0 Å². The first kappa shape index (κ1) is 14.0. The Kier molecular flexibility index (Phi) is 3.97. The van der Waals surface area contributed by atoms with Crippen molar-refractivity contribution < 1.29 is 29.6 Å². The Bertz CT molecular complexity index is 505. The van der Waals surface area contributed by atoms with Crippen LogP contribution < -0.4 is 5.32 Å². The first-order chi connectivity index (χ1) is 9.45. The number of rotatable bonds is 5. The predicted molar refractivity (Wildman–Crippen MR) is 67.4 cm³/mol. The molecule has 7 heteroatoms. The lowest BCUT2D eigenvalue weighted by Gasteiger charge is -2.15. The molecule has 1 unspecified atom stereocenters. The highest BCUT2D eigenvalue weighted by Gasteiger charge is 2.26. The fourth-order valence-corrected chi connectivity index (χ4v) is 1.71. The van der Waals surface area contributed by atoms with Gasteiger partial charge in [-0.05, 0) is 36.5 Å². The summed E-state index contributed by atoms with van der Waals surface area (Å²) in [6.45, 7) is 0.267. The number of aliphatic carboxylic acids is 1. The molecule has 1 atom stereocenters. The lowest BCUT2D eigenvalue weighted by molar-refractivity contribution is -0.139. The van der Waals surface area contributed by atoms with Crippen LogP contribution in [0.3, 0.4) is 0 Å². The molecule has 1 aromatic carbocycles. The number of benzene rings is 1. The molecule has 1 aliphatic rings. The van der Waals surface area contributed by atoms with Gasteiger partial charge in [0.05, 0.1) is 6.61 Å². The fraction of sp³-hybridized carbons (Fsp3) is 0.385. The zero-order chi connectivity index (χ0) is 14.7. The van der Waals surface area contributed by atoms with Gasteiger partial charge in [0.2, 0.25) is 0 Å². The third kappa shape index (κ3) is 3.78. The van der Waals surface area contributed by atoms with Gasteiger partial charge in [0.25, 0.3) is 0 Å². The number of phenolic OH excluding ortho intramolecular Hbond substituents is 2. The second-order valence-electron chi connectivity index (χ2n) is 4.74. The second-order valence-corrected chi connectivity index (χ2v) is 4.74. The fourth-order valence-electron chi connectivity index (χ4n) is 1.71. The van der Waals surface area contributed by atoms with Crippen molar-refractivity contribution in [2.24, 2.45) is 5.92 Å². The van der Waals surface area contributed by atoms with E-state index in [0.717, 1.165) is 31.0 Å². The van der Waals surface area contributed by atoms with Gasteiger partial charge in [-0.25, -0.2) is 9.59 Å². The first-order valence-corrected chi connectivity index (χ1v) is 6.14. The van der Waals surface area contributed by atoms with Gasteiger partial charge in [-0.15, -0.1) is 0 Å². The zero-order valence-corrected chi connectivity index (χ0v) is 10.6. The molecule has 1 aliphatic carbocycles. The molecule has 1 fully saturated rings. The zero-order valence-electron chi connectivity index (χ0n) is 10.6. The largest absolute Gasteiger partial charge is 0.508 e. The Morgan fingerprint density at radius 2 is 1.85 bits per heavy atom. The van der Waals surface area contributed by atoms with Crippen LogP contribution in [0, 0.1) is 5.92 Å². The Hall–Kier alpha value is -2.44. The van der Waals surface area contributed by atoms with E-state index in [1.54, 1.807) is 0 Å². The summed E-state index contributed by atoms with van der Waals surface area (Å²) in [6.07, 6.45) is 1.18. The van der Waals surface area contributed by atoms with E-state index in [1.807, 2.05) is 0 Å². The van der Waals surface area contributed by atoms with Gasteiger partial charge in [0.1, 0.15) is 11.5 Å². The van der Waals surface area contributed by atoms with Gasteiger partial charge >= 0.3 is 12.1 Å². The quantitative estimate of drug-likeness (QED) is 0.647. The highest BCUT2D eigenvalue weighted by molar-refractivity contribution is 5.81. The standard InChI is InChI=1S/C13H15NO6/c15-9-3-8(4-10(16)5-9)11(12(17)18)14-13(19)20-6-7-1-2-7/h3-5,7,11,15-16H,1-2,6H2,(H,14,19)(H,17,18). The molecular formula is C13H15NO6. The molecule has 0 aromatic heterocycles. The number of carboxylic acid groups (broad SMARTS) is 1. The number of phenols is 2. The normalized spacial score (nSPS) is 15.4. The number of nitrogens with one attached hydrogen (secondary N) is 1. The number of carbonyl (C=O) groups excluding carboxylic acids is 1. The summed E-state index contributed by atoms with van der Waals surface area (Å²) >= 11 is 0. The molecule has 1 amide bonds. The van der Waals surface area contributed by atoms with Crippen LogP contribution in [0.4, 0.5) is 4.79 Å². The molecule has 0 radical (unpaired) electrons. The van der Waals surface area contributed by atoms with Crippen LogP contribution in [-0.2, 0) is 9.53 Å². The number of carboxylic acids is 1. The van der Waals surface area contributed by atoms with Gasteiger partial charge in [0, 0.05) is 6.07 Å². The van der Waals surface area contributed by atoms with Crippen molar-refractivity contribution in [1.29, 1.82) is 0 Å². The number of ether oxygens (including phenoxy) is 1. The minimum atomic E-state index is -1.40. The monoisotopic (exact) mass is 281 g/mol. The van der Waals surface area contributed by atoms with Crippen LogP contribution in [0.25, 0.3) is 0 Å². The van der Waals surface area contributed by atoms with Crippen LogP contribution in [0.5, 0.6) is 11.5 Å². The third-order valence-corrected chi connectivity index (χ3v) is 2.91. The highest BCUT2D eigenvalue weighted by atomic mass is 16.5. The third-order valence-electron chi connectivity index (χ3n) is 2.91. The van der Waals surface area contributed by atoms with E-state index in [-0.39, 0.29) is 23.7 Å². The molecule has 1 saturated carbocycles. The van der Waals surface area contributed by atoms with Gasteiger partial charge in [-0.3, -0.25) is 0 Å². The molecule has 0 bridgehead atoms. The van der Waals surface area contributed by atoms with Crippen LogP contribution >= 0.6 is 0 Å². The molecule has 0 aliphatic heterocycles. The Balaban J connectivity index is 2.05. The van der Waals surface area contributed by atoms with Crippen molar-refractivity contribution in [3.63, 3.8) is 0 Å². The Morgan fingerprint density at radius 1 is 1.25 bits per heavy atom. The van der Waals surface area contributed by atoms with E-state index >= 15 is 0 Å². The van der Waals surface area contributed by atoms with Crippen molar-refractivity contribution in [2.75, 3.05) is 6.61 Å². The summed E-state index contributed by atoms with van der Waals surface area (Å²) in [5.41, 5.74) is 0.0540. The first-order valence-electron chi connectivity index (χ1n) is 6.14. The maximum atomic E-state index is 11.5. The molecular weight excluding hydrogens is 266 g/mol. The minimum Gasteiger partial charge on any atom is -0.508 e. The van der Waals surface area contributed by atoms with Crippen LogP contribution in [0.1, 0.15) is 24.4 Å². The molecule has 108 valence electrons. The summed E-state index contributed by atoms with van der Waals surface area (Å²) in [5, 5.41) is 30.0. The lowest BCUT2D eigenvalue weighted by Crippen LogP contribution is -2.34. The van der Waals surface area contributed by atoms with Crippen LogP contribution in [0.15, 0.2) is 18.2 Å². The van der Waals surface area contributed by atoms with E-state index in [4.69, 9.17) is 9.84 Å². The summed E-state index contributed by atoms with van der Waals surface area (Å²) in [4.78, 5) is 22.7. The van der Waals surface area contributed by atoms with E-state index in [2.05, 4.69) is 5.32 Å². The van der Waals surface area contributed by atoms with Crippen molar-refractivity contribution in [1.82, 2.24) is 5.32 Å². The van der Waals surface area contributed by atoms with Crippen molar-refractivity contribution in [2.45, 2.75) is 18.9 Å². The number of alkyl carbamates (subject to hydrolysis) is 1. The second kappa shape index (κ2) is 5.68. The molecule has 20 heavy (non-hydrogen) atoms. The van der Waals surface area contributed by atoms with Gasteiger partial charge in [-0.2, -0.15) is 0 Å². The Morgan fingerprint density at radius 3 is 2.35 bits per heavy atom. The molecule has 0 heterocycles. The number of carbonyl (C=O) groups is 2. The molecule has 4 N–H and O–H groups in total. The molecule has 0 saturated heterocycles. The average molecular weight is 281 g/mol. The average Bonchev–Trinajstić information content (AvgIpc) is 3.15. The van der Waals surface area contributed by atoms with E-state index < -0.39 is 18.1 Å². The number of hydrogen-bond donors (Lipinski definition) is 4. The van der Waals surface area contributed by atoms with E-state index in [0.29, 0.717) is 5.92 Å². The molecule has 2 rings (SSSR count). The van der Waals surface area contributed by atoms with Crippen LogP contribution in [-0.4, -0.2) is 34.0 Å². The topological polar surface area (TPSA) is 116 Å². The lowest BCUT2D eigenvalue weighted by atomic mass is 10.1. The number of aromatic hydroxyl groups is 2. The van der Waals surface area contributed by atoms with Gasteiger partial charge < -0.3 is 25.4 Å². The predicted octanol–water partition coefficient (Wildman–Crippen LogP) is 1.36. The number of hydrogen-bond acceptors (Lipinski definition) is 5. The van der Waals surface area contributed by atoms with Crippen molar-refractivity contribution in [3.05, 3.63) is 23.8 Å². The summed E-state index contributed by atoms with van der Waals surface area (Å²) in [5.74, 6) is -1.54. The SMILES string of the molecule is O=C(NC(C(=O)O)c1cc(O)cc(O)c1)OCC1CC1. The van der Waals surface area contributed by atoms with Gasteiger partial charge in [-0.1, -0.05) is 0 Å². The summed E-state index contributed by atoms with van der Waals surface area (Å²) < 4.78 is 4.89. The molecule has 0 spiro atoms. The van der Waals surface area contributed by atoms with Crippen molar-refractivity contribution >= 4 is 12.1 Å². The molecule has 7 nitrogen and oxygen atoms in total. The minimum absolute atomic E-state index is 0.0540. The van der Waals surface area contributed by atoms with Crippen molar-refractivity contribution in [3.8, 4) is 11.5 Å². The van der Waals surface area contributed by atoms with Gasteiger partial charge in [0.15, 0.2) is 6.04 Å². The summed E-state index contributed by atoms with van der Waals surface area (Å²) in [7, 11) is 0. The summed E-state index contributed by atoms with van der Waals surface area (Å²) in [6, 6.07) is 1.97.